The second-order valence-corrected chi connectivity index (χ2v) is 8.43. The first-order valence-electron chi connectivity index (χ1n) is 9.71. The van der Waals surface area contributed by atoms with Crippen molar-refractivity contribution in [2.45, 2.75) is 25.3 Å². The highest BCUT2D eigenvalue weighted by Crippen LogP contribution is 2.26. The molecule has 2 aromatic carbocycles. The molecular formula is C22H23N3OS. The summed E-state index contributed by atoms with van der Waals surface area (Å²) in [7, 11) is 0. The highest BCUT2D eigenvalue weighted by molar-refractivity contribution is 7.16. The number of hydrogen-bond acceptors (Lipinski definition) is 4. The molecule has 4 nitrogen and oxygen atoms in total. The number of rotatable bonds is 2. The maximum absolute atomic E-state index is 13.0. The van der Waals surface area contributed by atoms with E-state index in [1.54, 1.807) is 11.3 Å². The number of benzene rings is 2. The summed E-state index contributed by atoms with van der Waals surface area (Å²) in [6, 6.07) is 15.3. The molecule has 1 aromatic heterocycles. The predicted octanol–water partition coefficient (Wildman–Crippen LogP) is 3.61. The number of hydrogen-bond donors (Lipinski definition) is 0. The Balaban J connectivity index is 1.26. The summed E-state index contributed by atoms with van der Waals surface area (Å²) in [5.74, 6) is 0.154. The molecule has 1 aliphatic carbocycles. The second-order valence-electron chi connectivity index (χ2n) is 7.55. The molecule has 0 unspecified atom stereocenters. The summed E-state index contributed by atoms with van der Waals surface area (Å²) in [6.45, 7) is 3.70. The Morgan fingerprint density at radius 2 is 1.81 bits per heavy atom. The van der Waals surface area contributed by atoms with Gasteiger partial charge < -0.3 is 4.90 Å². The van der Waals surface area contributed by atoms with E-state index < -0.39 is 0 Å². The standard InChI is InChI=1S/C22H23N3OS/c26-22(18-6-7-20-21(14-18)27-15-23-20)25-9-3-8-24(10-11-25)19-12-16-4-1-2-5-17(16)13-19/h1-2,4-7,14-15,19H,3,8-13H2. The number of nitrogens with zero attached hydrogens (tertiary/aromatic N) is 3. The molecule has 1 fully saturated rings. The van der Waals surface area contributed by atoms with Crippen molar-refractivity contribution in [2.75, 3.05) is 26.2 Å². The molecule has 0 atom stereocenters. The van der Waals surface area contributed by atoms with Crippen molar-refractivity contribution in [1.82, 2.24) is 14.8 Å². The summed E-state index contributed by atoms with van der Waals surface area (Å²) in [5.41, 5.74) is 6.59. The van der Waals surface area contributed by atoms with Crippen LogP contribution >= 0.6 is 11.3 Å². The van der Waals surface area contributed by atoms with Gasteiger partial charge in [-0.05, 0) is 48.6 Å². The van der Waals surface area contributed by atoms with Crippen LogP contribution in [0.3, 0.4) is 0 Å². The molecule has 3 aromatic rings. The van der Waals surface area contributed by atoms with Crippen LogP contribution in [0.5, 0.6) is 0 Å². The van der Waals surface area contributed by atoms with Gasteiger partial charge in [0.05, 0.1) is 15.7 Å². The molecule has 138 valence electrons. The normalized spacial score (nSPS) is 18.6. The monoisotopic (exact) mass is 377 g/mol. The van der Waals surface area contributed by atoms with Gasteiger partial charge in [-0.2, -0.15) is 0 Å². The molecule has 0 spiro atoms. The molecule has 27 heavy (non-hydrogen) atoms. The van der Waals surface area contributed by atoms with Gasteiger partial charge in [0.2, 0.25) is 0 Å². The number of amides is 1. The molecular weight excluding hydrogens is 354 g/mol. The lowest BCUT2D eigenvalue weighted by molar-refractivity contribution is 0.0758. The zero-order valence-corrected chi connectivity index (χ0v) is 16.1. The fourth-order valence-electron chi connectivity index (χ4n) is 4.47. The minimum atomic E-state index is 0.154. The van der Waals surface area contributed by atoms with Crippen molar-refractivity contribution in [2.24, 2.45) is 0 Å². The molecule has 2 heterocycles. The van der Waals surface area contributed by atoms with Crippen molar-refractivity contribution < 1.29 is 4.79 Å². The number of thiazole rings is 1. The van der Waals surface area contributed by atoms with E-state index in [4.69, 9.17) is 0 Å². The summed E-state index contributed by atoms with van der Waals surface area (Å²) >= 11 is 1.59. The highest BCUT2D eigenvalue weighted by atomic mass is 32.1. The lowest BCUT2D eigenvalue weighted by Gasteiger charge is -2.27. The predicted molar refractivity (Wildman–Crippen MR) is 109 cm³/mol. The average molecular weight is 378 g/mol. The van der Waals surface area contributed by atoms with Crippen molar-refractivity contribution >= 4 is 27.5 Å². The maximum Gasteiger partial charge on any atom is 0.253 e. The van der Waals surface area contributed by atoms with Crippen molar-refractivity contribution in [1.29, 1.82) is 0 Å². The summed E-state index contributed by atoms with van der Waals surface area (Å²) < 4.78 is 1.08. The molecule has 0 saturated carbocycles. The fraction of sp³-hybridized carbons (Fsp3) is 0.364. The third kappa shape index (κ3) is 3.26. The van der Waals surface area contributed by atoms with Crippen LogP contribution in [0.15, 0.2) is 48.0 Å². The Morgan fingerprint density at radius 3 is 2.63 bits per heavy atom. The smallest absolute Gasteiger partial charge is 0.253 e. The van der Waals surface area contributed by atoms with Gasteiger partial charge in [-0.3, -0.25) is 9.69 Å². The summed E-state index contributed by atoms with van der Waals surface area (Å²) in [6.07, 6.45) is 3.33. The second kappa shape index (κ2) is 7.06. The Morgan fingerprint density at radius 1 is 1.00 bits per heavy atom. The molecule has 5 heteroatoms. The molecule has 0 radical (unpaired) electrons. The SMILES string of the molecule is O=C(c1ccc2ncsc2c1)N1CCCN(C2Cc3ccccc3C2)CC1. The number of carbonyl (C=O) groups is 1. The van der Waals surface area contributed by atoms with Crippen LogP contribution in [0, 0.1) is 0 Å². The molecule has 1 amide bonds. The van der Waals surface area contributed by atoms with Crippen molar-refractivity contribution in [3.05, 3.63) is 64.7 Å². The van der Waals surface area contributed by atoms with Crippen molar-refractivity contribution in [3.8, 4) is 0 Å². The maximum atomic E-state index is 13.0. The quantitative estimate of drug-likeness (QED) is 0.684. The lowest BCUT2D eigenvalue weighted by Crippen LogP contribution is -2.40. The third-order valence-corrected chi connectivity index (χ3v) is 6.73. The van der Waals surface area contributed by atoms with E-state index in [9.17, 15) is 4.79 Å². The van der Waals surface area contributed by atoms with Gasteiger partial charge in [0.25, 0.3) is 5.91 Å². The van der Waals surface area contributed by atoms with Gasteiger partial charge >= 0.3 is 0 Å². The molecule has 2 aliphatic rings. The molecule has 5 rings (SSSR count). The minimum absolute atomic E-state index is 0.154. The fourth-order valence-corrected chi connectivity index (χ4v) is 5.19. The summed E-state index contributed by atoms with van der Waals surface area (Å²) in [4.78, 5) is 21.9. The van der Waals surface area contributed by atoms with Crippen LogP contribution in [0.25, 0.3) is 10.2 Å². The topological polar surface area (TPSA) is 36.4 Å². The number of carbonyl (C=O) groups excluding carboxylic acids is 1. The minimum Gasteiger partial charge on any atom is -0.337 e. The van der Waals surface area contributed by atoms with E-state index in [1.165, 1.54) is 11.1 Å². The van der Waals surface area contributed by atoms with Gasteiger partial charge in [0.1, 0.15) is 0 Å². The zero-order valence-electron chi connectivity index (χ0n) is 15.3. The van der Waals surface area contributed by atoms with Gasteiger partial charge in [-0.15, -0.1) is 11.3 Å². The Hall–Kier alpha value is -2.24. The molecule has 1 saturated heterocycles. The molecule has 0 bridgehead atoms. The Labute approximate surface area is 163 Å². The van der Waals surface area contributed by atoms with Crippen LogP contribution in [-0.2, 0) is 12.8 Å². The molecule has 0 N–H and O–H groups in total. The number of fused-ring (bicyclic) bond motifs is 2. The van der Waals surface area contributed by atoms with E-state index in [2.05, 4.69) is 34.1 Å². The zero-order chi connectivity index (χ0) is 18.2. The first kappa shape index (κ1) is 16.9. The van der Waals surface area contributed by atoms with Gasteiger partial charge in [0.15, 0.2) is 0 Å². The Kier molecular flexibility index (Phi) is 4.42. The van der Waals surface area contributed by atoms with Crippen LogP contribution in [-0.4, -0.2) is 52.9 Å². The summed E-state index contributed by atoms with van der Waals surface area (Å²) in [5, 5.41) is 0. The number of aromatic nitrogens is 1. The van der Waals surface area contributed by atoms with E-state index >= 15 is 0 Å². The van der Waals surface area contributed by atoms with Crippen LogP contribution in [0.1, 0.15) is 27.9 Å². The first-order chi connectivity index (χ1) is 13.3. The third-order valence-electron chi connectivity index (χ3n) is 5.94. The Bertz CT molecular complexity index is 957. The van der Waals surface area contributed by atoms with E-state index in [-0.39, 0.29) is 5.91 Å². The van der Waals surface area contributed by atoms with E-state index in [0.717, 1.165) is 61.2 Å². The van der Waals surface area contributed by atoms with E-state index in [1.807, 2.05) is 28.6 Å². The lowest BCUT2D eigenvalue weighted by atomic mass is 10.1. The average Bonchev–Trinajstić information content (AvgIpc) is 3.27. The van der Waals surface area contributed by atoms with Crippen LogP contribution in [0.4, 0.5) is 0 Å². The highest BCUT2D eigenvalue weighted by Gasteiger charge is 2.29. The van der Waals surface area contributed by atoms with E-state index in [0.29, 0.717) is 6.04 Å². The van der Waals surface area contributed by atoms with Gasteiger partial charge in [-0.25, -0.2) is 4.98 Å². The van der Waals surface area contributed by atoms with Gasteiger partial charge in [-0.1, -0.05) is 24.3 Å². The molecule has 1 aliphatic heterocycles. The first-order valence-corrected chi connectivity index (χ1v) is 10.6. The van der Waals surface area contributed by atoms with Crippen molar-refractivity contribution in [3.63, 3.8) is 0 Å². The largest absolute Gasteiger partial charge is 0.337 e. The van der Waals surface area contributed by atoms with Crippen LogP contribution in [0.2, 0.25) is 0 Å². The van der Waals surface area contributed by atoms with Gasteiger partial charge in [0, 0.05) is 37.8 Å². The van der Waals surface area contributed by atoms with Crippen LogP contribution < -0.4 is 0 Å².